The average Bonchev–Trinajstić information content (AvgIpc) is 2.73. The summed E-state index contributed by atoms with van der Waals surface area (Å²) in [6, 6.07) is 7.80. The standard InChI is InChI=1S/C19H19Cl2N3O5/c1-27-15-7-5-12(17(28-2)18(15)29-3)9-23-24-16(25)10-22-19(26)11-4-6-13(20)14(21)8-11/h4-9H,10H2,1-3H3,(H,22,26)(H,24,25)/b23-9+. The monoisotopic (exact) mass is 439 g/mol. The molecule has 10 heteroatoms. The molecular weight excluding hydrogens is 421 g/mol. The number of nitrogens with one attached hydrogen (secondary N) is 2. The normalized spacial score (nSPS) is 10.5. The maximum Gasteiger partial charge on any atom is 0.259 e. The Hall–Kier alpha value is -2.97. The van der Waals surface area contributed by atoms with Crippen LogP contribution >= 0.6 is 23.2 Å². The van der Waals surface area contributed by atoms with Gasteiger partial charge in [0.05, 0.1) is 44.1 Å². The molecule has 0 aliphatic carbocycles. The van der Waals surface area contributed by atoms with Crippen molar-refractivity contribution < 1.29 is 23.8 Å². The van der Waals surface area contributed by atoms with Crippen LogP contribution in [0.15, 0.2) is 35.4 Å². The molecular formula is C19H19Cl2N3O5. The molecule has 0 atom stereocenters. The fourth-order valence-corrected chi connectivity index (χ4v) is 2.64. The number of rotatable bonds is 8. The molecule has 2 N–H and O–H groups in total. The predicted octanol–water partition coefficient (Wildman–Crippen LogP) is 2.90. The molecule has 0 saturated heterocycles. The lowest BCUT2D eigenvalue weighted by atomic mass is 10.2. The second-order valence-corrected chi connectivity index (χ2v) is 6.34. The van der Waals surface area contributed by atoms with Crippen molar-refractivity contribution in [1.82, 2.24) is 10.7 Å². The Kier molecular flexibility index (Phi) is 8.11. The third-order valence-corrected chi connectivity index (χ3v) is 4.46. The van der Waals surface area contributed by atoms with Gasteiger partial charge in [0, 0.05) is 11.1 Å². The minimum Gasteiger partial charge on any atom is -0.493 e. The van der Waals surface area contributed by atoms with Crippen molar-refractivity contribution in [1.29, 1.82) is 0 Å². The zero-order valence-corrected chi connectivity index (χ0v) is 17.4. The molecule has 0 heterocycles. The highest BCUT2D eigenvalue weighted by Gasteiger charge is 2.15. The number of benzene rings is 2. The fourth-order valence-electron chi connectivity index (χ4n) is 2.34. The first kappa shape index (κ1) is 22.3. The number of amides is 2. The van der Waals surface area contributed by atoms with Crippen LogP contribution in [-0.2, 0) is 4.79 Å². The molecule has 0 aliphatic rings. The van der Waals surface area contributed by atoms with Crippen LogP contribution in [0.25, 0.3) is 0 Å². The van der Waals surface area contributed by atoms with Crippen LogP contribution in [0.3, 0.4) is 0 Å². The molecule has 0 fully saturated rings. The number of ether oxygens (including phenoxy) is 3. The summed E-state index contributed by atoms with van der Waals surface area (Å²) in [6.07, 6.45) is 1.39. The lowest BCUT2D eigenvalue weighted by Gasteiger charge is -2.13. The van der Waals surface area contributed by atoms with E-state index in [0.717, 1.165) is 0 Å². The smallest absolute Gasteiger partial charge is 0.259 e. The summed E-state index contributed by atoms with van der Waals surface area (Å²) in [6.45, 7) is -0.278. The molecule has 2 rings (SSSR count). The van der Waals surface area contributed by atoms with Crippen LogP contribution in [0.5, 0.6) is 17.2 Å². The van der Waals surface area contributed by atoms with E-state index in [1.165, 1.54) is 45.7 Å². The molecule has 0 aromatic heterocycles. The quantitative estimate of drug-likeness (QED) is 0.486. The molecule has 0 radical (unpaired) electrons. The first-order valence-corrected chi connectivity index (χ1v) is 9.01. The zero-order valence-electron chi connectivity index (χ0n) is 15.9. The van der Waals surface area contributed by atoms with Crippen LogP contribution in [0.4, 0.5) is 0 Å². The summed E-state index contributed by atoms with van der Waals surface area (Å²) in [7, 11) is 4.48. The fraction of sp³-hybridized carbons (Fsp3) is 0.211. The zero-order chi connectivity index (χ0) is 21.4. The molecule has 2 aromatic carbocycles. The van der Waals surface area contributed by atoms with Gasteiger partial charge in [0.25, 0.3) is 11.8 Å². The molecule has 0 spiro atoms. The molecule has 0 unspecified atom stereocenters. The third-order valence-electron chi connectivity index (χ3n) is 3.72. The van der Waals surface area contributed by atoms with E-state index >= 15 is 0 Å². The van der Waals surface area contributed by atoms with Crippen molar-refractivity contribution >= 4 is 41.2 Å². The van der Waals surface area contributed by atoms with Gasteiger partial charge in [0.1, 0.15) is 0 Å². The van der Waals surface area contributed by atoms with Gasteiger partial charge in [0.2, 0.25) is 5.75 Å². The van der Waals surface area contributed by atoms with Crippen LogP contribution in [-0.4, -0.2) is 45.9 Å². The van der Waals surface area contributed by atoms with Gasteiger partial charge >= 0.3 is 0 Å². The maximum atomic E-state index is 12.0. The molecule has 8 nitrogen and oxygen atoms in total. The molecule has 2 amide bonds. The number of hydrogen-bond acceptors (Lipinski definition) is 6. The van der Waals surface area contributed by atoms with E-state index in [-0.39, 0.29) is 17.1 Å². The number of hydrazone groups is 1. The lowest BCUT2D eigenvalue weighted by molar-refractivity contribution is -0.120. The molecule has 0 aliphatic heterocycles. The summed E-state index contributed by atoms with van der Waals surface area (Å²) in [5, 5.41) is 6.91. The van der Waals surface area contributed by atoms with E-state index in [1.807, 2.05) is 0 Å². The number of nitrogens with zero attached hydrogens (tertiary/aromatic N) is 1. The Bertz CT molecular complexity index is 934. The van der Waals surface area contributed by atoms with Gasteiger partial charge in [-0.2, -0.15) is 5.10 Å². The molecule has 154 valence electrons. The largest absolute Gasteiger partial charge is 0.493 e. The van der Waals surface area contributed by atoms with Crippen molar-refractivity contribution in [2.75, 3.05) is 27.9 Å². The summed E-state index contributed by atoms with van der Waals surface area (Å²) in [4.78, 5) is 24.0. The number of halogens is 2. The van der Waals surface area contributed by atoms with Gasteiger partial charge in [0.15, 0.2) is 11.5 Å². The van der Waals surface area contributed by atoms with E-state index in [1.54, 1.807) is 12.1 Å². The lowest BCUT2D eigenvalue weighted by Crippen LogP contribution is -2.34. The van der Waals surface area contributed by atoms with Crippen molar-refractivity contribution in [3.05, 3.63) is 51.5 Å². The average molecular weight is 440 g/mol. The number of methoxy groups -OCH3 is 3. The van der Waals surface area contributed by atoms with Crippen molar-refractivity contribution in [3.8, 4) is 17.2 Å². The SMILES string of the molecule is COc1ccc(/C=N/NC(=O)CNC(=O)c2ccc(Cl)c(Cl)c2)c(OC)c1OC. The Morgan fingerprint density at radius 3 is 2.34 bits per heavy atom. The minimum atomic E-state index is -0.519. The first-order valence-electron chi connectivity index (χ1n) is 8.25. The first-order chi connectivity index (χ1) is 13.9. The van der Waals surface area contributed by atoms with Gasteiger partial charge < -0.3 is 19.5 Å². The van der Waals surface area contributed by atoms with Crippen molar-refractivity contribution in [3.63, 3.8) is 0 Å². The topological polar surface area (TPSA) is 98.2 Å². The Morgan fingerprint density at radius 1 is 1.00 bits per heavy atom. The molecule has 0 saturated carbocycles. The summed E-state index contributed by atoms with van der Waals surface area (Å²) in [5.41, 5.74) is 3.16. The highest BCUT2D eigenvalue weighted by atomic mass is 35.5. The van der Waals surface area contributed by atoms with E-state index < -0.39 is 11.8 Å². The highest BCUT2D eigenvalue weighted by Crippen LogP contribution is 2.38. The number of carbonyl (C=O) groups excluding carboxylic acids is 2. The summed E-state index contributed by atoms with van der Waals surface area (Å²) < 4.78 is 15.8. The van der Waals surface area contributed by atoms with Crippen LogP contribution in [0.1, 0.15) is 15.9 Å². The van der Waals surface area contributed by atoms with E-state index in [4.69, 9.17) is 37.4 Å². The second kappa shape index (κ2) is 10.5. The van der Waals surface area contributed by atoms with Gasteiger partial charge in [-0.25, -0.2) is 5.43 Å². The van der Waals surface area contributed by atoms with Gasteiger partial charge in [-0.1, -0.05) is 23.2 Å². The number of hydrogen-bond donors (Lipinski definition) is 2. The Morgan fingerprint density at radius 2 is 1.72 bits per heavy atom. The summed E-state index contributed by atoms with van der Waals surface area (Å²) in [5.74, 6) is 0.311. The molecule has 2 aromatic rings. The van der Waals surface area contributed by atoms with Crippen molar-refractivity contribution in [2.45, 2.75) is 0 Å². The van der Waals surface area contributed by atoms with E-state index in [9.17, 15) is 9.59 Å². The third kappa shape index (κ3) is 5.75. The van der Waals surface area contributed by atoms with Crippen molar-refractivity contribution in [2.24, 2.45) is 5.10 Å². The highest BCUT2D eigenvalue weighted by molar-refractivity contribution is 6.42. The summed E-state index contributed by atoms with van der Waals surface area (Å²) >= 11 is 11.7. The van der Waals surface area contributed by atoms with Crippen LogP contribution < -0.4 is 25.0 Å². The minimum absolute atomic E-state index is 0.247. The molecule has 0 bridgehead atoms. The Labute approximate surface area is 177 Å². The van der Waals surface area contributed by atoms with Gasteiger partial charge in [-0.05, 0) is 30.3 Å². The maximum absolute atomic E-state index is 12.0. The van der Waals surface area contributed by atoms with Crippen LogP contribution in [0.2, 0.25) is 10.0 Å². The Balaban J connectivity index is 1.96. The van der Waals surface area contributed by atoms with E-state index in [2.05, 4.69) is 15.8 Å². The van der Waals surface area contributed by atoms with Crippen LogP contribution in [0, 0.1) is 0 Å². The van der Waals surface area contributed by atoms with E-state index in [0.29, 0.717) is 27.8 Å². The molecule has 29 heavy (non-hydrogen) atoms. The predicted molar refractivity (Wildman–Crippen MR) is 111 cm³/mol. The number of carbonyl (C=O) groups is 2. The second-order valence-electron chi connectivity index (χ2n) is 5.53. The van der Waals surface area contributed by atoms with Gasteiger partial charge in [-0.15, -0.1) is 0 Å². The van der Waals surface area contributed by atoms with Gasteiger partial charge in [-0.3, -0.25) is 9.59 Å².